The Kier molecular flexibility index (Phi) is 6.37. The third-order valence-corrected chi connectivity index (χ3v) is 8.26. The predicted molar refractivity (Wildman–Crippen MR) is 140 cm³/mol. The van der Waals surface area contributed by atoms with Crippen LogP contribution in [0.2, 0.25) is 0 Å². The highest BCUT2D eigenvalue weighted by molar-refractivity contribution is 7.90. The Morgan fingerprint density at radius 3 is 2.59 bits per heavy atom. The van der Waals surface area contributed by atoms with Crippen molar-refractivity contribution in [2.24, 2.45) is 0 Å². The number of nitrogens with zero attached hydrogens (tertiary/aromatic N) is 4. The van der Waals surface area contributed by atoms with Crippen molar-refractivity contribution in [3.8, 4) is 5.88 Å². The molecule has 2 aliphatic heterocycles. The van der Waals surface area contributed by atoms with Crippen LogP contribution >= 0.6 is 0 Å². The van der Waals surface area contributed by atoms with Crippen LogP contribution in [0.5, 0.6) is 5.88 Å². The first-order chi connectivity index (χ1) is 17.4. The van der Waals surface area contributed by atoms with Crippen LogP contribution in [0, 0.1) is 0 Å². The molecule has 1 spiro atoms. The number of sulfone groups is 1. The van der Waals surface area contributed by atoms with Crippen molar-refractivity contribution in [1.29, 1.82) is 0 Å². The van der Waals surface area contributed by atoms with Gasteiger partial charge in [0.15, 0.2) is 0 Å². The molecule has 1 aliphatic carbocycles. The van der Waals surface area contributed by atoms with Gasteiger partial charge in [-0.15, -0.1) is 0 Å². The fourth-order valence-electron chi connectivity index (χ4n) is 5.71. The molecule has 1 saturated heterocycles. The maximum atomic E-state index is 12.7. The van der Waals surface area contributed by atoms with Gasteiger partial charge < -0.3 is 19.3 Å². The molecule has 10 heteroatoms. The lowest BCUT2D eigenvalue weighted by molar-refractivity contribution is 0.0182. The summed E-state index contributed by atoms with van der Waals surface area (Å²) >= 11 is 0. The van der Waals surface area contributed by atoms with Gasteiger partial charge in [0, 0.05) is 31.9 Å². The molecule has 200 valence electrons. The van der Waals surface area contributed by atoms with Crippen molar-refractivity contribution in [2.75, 3.05) is 30.8 Å². The molecule has 1 aromatic carbocycles. The second-order valence-electron chi connectivity index (χ2n) is 11.5. The van der Waals surface area contributed by atoms with E-state index in [9.17, 15) is 13.2 Å². The zero-order valence-electron chi connectivity index (χ0n) is 22.3. The molecule has 0 bridgehead atoms. The zero-order valence-corrected chi connectivity index (χ0v) is 23.1. The Bertz CT molecular complexity index is 1320. The van der Waals surface area contributed by atoms with Crippen molar-refractivity contribution >= 4 is 21.7 Å². The summed E-state index contributed by atoms with van der Waals surface area (Å²) in [7, 11) is -3.68. The summed E-state index contributed by atoms with van der Waals surface area (Å²) in [5, 5.41) is -0.232. The second kappa shape index (κ2) is 9.15. The molecule has 3 aliphatic rings. The first-order valence-corrected chi connectivity index (χ1v) is 14.9. The number of hydrogen-bond donors (Lipinski definition) is 0. The predicted octanol–water partition coefficient (Wildman–Crippen LogP) is 3.88. The second-order valence-corrected chi connectivity index (χ2v) is 13.4. The molecule has 9 nitrogen and oxygen atoms in total. The molecule has 37 heavy (non-hydrogen) atoms. The van der Waals surface area contributed by atoms with Gasteiger partial charge in [-0.2, -0.15) is 4.98 Å². The number of aromatic nitrogens is 2. The molecule has 2 aromatic rings. The molecule has 1 amide bonds. The summed E-state index contributed by atoms with van der Waals surface area (Å²) in [6.45, 7) is 8.95. The highest BCUT2D eigenvalue weighted by Gasteiger charge is 2.44. The molecule has 0 N–H and O–H groups in total. The van der Waals surface area contributed by atoms with Crippen LogP contribution in [-0.4, -0.2) is 66.9 Å². The summed E-state index contributed by atoms with van der Waals surface area (Å²) in [6, 6.07) is 8.25. The Morgan fingerprint density at radius 1 is 1.14 bits per heavy atom. The number of ether oxygens (including phenoxy) is 2. The molecule has 5 rings (SSSR count). The van der Waals surface area contributed by atoms with Gasteiger partial charge in [-0.1, -0.05) is 24.3 Å². The summed E-state index contributed by atoms with van der Waals surface area (Å²) in [6.07, 6.45) is 5.12. The molecule has 3 heterocycles. The number of hydrogen-bond acceptors (Lipinski definition) is 8. The van der Waals surface area contributed by atoms with Crippen molar-refractivity contribution in [2.45, 2.75) is 82.2 Å². The Hall–Kier alpha value is -2.88. The number of carbonyl (C=O) groups excluding carboxylic acids is 1. The van der Waals surface area contributed by atoms with Crippen LogP contribution in [0.25, 0.3) is 0 Å². The molecule has 1 unspecified atom stereocenters. The monoisotopic (exact) mass is 528 g/mol. The van der Waals surface area contributed by atoms with E-state index >= 15 is 0 Å². The lowest BCUT2D eigenvalue weighted by Gasteiger charge is -2.44. The van der Waals surface area contributed by atoms with Crippen LogP contribution in [0.3, 0.4) is 0 Å². The summed E-state index contributed by atoms with van der Waals surface area (Å²) in [5.41, 5.74) is 2.20. The molecule has 0 radical (unpaired) electrons. The maximum Gasteiger partial charge on any atom is 0.410 e. The molecule has 1 aromatic heterocycles. The van der Waals surface area contributed by atoms with E-state index in [2.05, 4.69) is 33.1 Å². The van der Waals surface area contributed by atoms with E-state index in [1.165, 1.54) is 11.1 Å². The fraction of sp³-hybridized carbons (Fsp3) is 0.593. The van der Waals surface area contributed by atoms with Gasteiger partial charge in [0.05, 0.1) is 5.56 Å². The Balaban J connectivity index is 1.49. The quantitative estimate of drug-likeness (QED) is 0.541. The number of fused-ring (bicyclic) bond motifs is 3. The minimum Gasteiger partial charge on any atom is -0.466 e. The van der Waals surface area contributed by atoms with Crippen molar-refractivity contribution in [1.82, 2.24) is 14.9 Å². The first-order valence-electron chi connectivity index (χ1n) is 13.0. The highest BCUT2D eigenvalue weighted by Crippen LogP contribution is 2.48. The van der Waals surface area contributed by atoms with Crippen LogP contribution in [0.1, 0.15) is 63.6 Å². The number of benzene rings is 1. The van der Waals surface area contributed by atoms with Crippen LogP contribution in [0.4, 0.5) is 10.6 Å². The van der Waals surface area contributed by atoms with Gasteiger partial charge in [0.1, 0.15) is 17.0 Å². The summed E-state index contributed by atoms with van der Waals surface area (Å²) in [5.74, 6) is 0.941. The number of rotatable bonds is 2. The van der Waals surface area contributed by atoms with E-state index < -0.39 is 21.0 Å². The summed E-state index contributed by atoms with van der Waals surface area (Å²) in [4.78, 5) is 25.4. The third-order valence-electron chi connectivity index (χ3n) is 7.42. The Morgan fingerprint density at radius 2 is 1.89 bits per heavy atom. The van der Waals surface area contributed by atoms with Gasteiger partial charge in [0.2, 0.25) is 15.7 Å². The Labute approximate surface area is 219 Å². The van der Waals surface area contributed by atoms with Crippen molar-refractivity contribution in [3.05, 3.63) is 41.0 Å². The molecule has 2 atom stereocenters. The molecular formula is C27H36N4O5S. The van der Waals surface area contributed by atoms with Gasteiger partial charge in [-0.05, 0) is 70.9 Å². The van der Waals surface area contributed by atoms with E-state index in [-0.39, 0.29) is 17.3 Å². The fourth-order valence-corrected chi connectivity index (χ4v) is 6.22. The number of amides is 1. The van der Waals surface area contributed by atoms with Gasteiger partial charge >= 0.3 is 6.09 Å². The van der Waals surface area contributed by atoms with Crippen LogP contribution < -0.4 is 9.64 Å². The summed E-state index contributed by atoms with van der Waals surface area (Å²) < 4.78 is 37.4. The van der Waals surface area contributed by atoms with E-state index in [1.54, 1.807) is 4.90 Å². The zero-order chi connectivity index (χ0) is 26.6. The number of piperazine rings is 1. The van der Waals surface area contributed by atoms with Gasteiger partial charge in [0.25, 0.3) is 5.16 Å². The lowest BCUT2D eigenvalue weighted by atomic mass is 9.75. The first kappa shape index (κ1) is 25.8. The topological polar surface area (TPSA) is 102 Å². The standard InChI is InChI=1S/C27H36N4O5S/c1-18-17-30(25(32)36-26(2,3)4)15-16-31(18)22-20-12-14-27(13-8-10-19-9-6-7-11-21(19)27)35-23(20)29-24(28-22)37(5,33)34/h6-7,9,11,18H,8,10,12-17H2,1-5H3/t18-,27?/m0/s1. The van der Waals surface area contributed by atoms with Gasteiger partial charge in [-0.3, -0.25) is 0 Å². The highest BCUT2D eigenvalue weighted by atomic mass is 32.2. The number of carbonyl (C=O) groups is 1. The molecular weight excluding hydrogens is 492 g/mol. The minimum atomic E-state index is -3.68. The van der Waals surface area contributed by atoms with E-state index in [0.29, 0.717) is 37.8 Å². The SMILES string of the molecule is C[C@H]1CN(C(=O)OC(C)(C)C)CCN1c1nc(S(C)(=O)=O)nc2c1CCC1(CCCc3ccccc31)O2. The van der Waals surface area contributed by atoms with Crippen LogP contribution in [-0.2, 0) is 33.0 Å². The average Bonchev–Trinajstić information content (AvgIpc) is 2.82. The van der Waals surface area contributed by atoms with E-state index in [1.807, 2.05) is 33.8 Å². The normalized spacial score (nSPS) is 23.8. The smallest absolute Gasteiger partial charge is 0.410 e. The van der Waals surface area contributed by atoms with Gasteiger partial charge in [-0.25, -0.2) is 18.2 Å². The largest absolute Gasteiger partial charge is 0.466 e. The van der Waals surface area contributed by atoms with Crippen LogP contribution in [0.15, 0.2) is 29.4 Å². The lowest BCUT2D eigenvalue weighted by Crippen LogP contribution is -2.55. The maximum absolute atomic E-state index is 12.7. The number of aryl methyl sites for hydroxylation is 1. The van der Waals surface area contributed by atoms with E-state index in [4.69, 9.17) is 9.47 Å². The number of anilines is 1. The minimum absolute atomic E-state index is 0.0982. The molecule has 0 saturated carbocycles. The van der Waals surface area contributed by atoms with Crippen molar-refractivity contribution in [3.63, 3.8) is 0 Å². The molecule has 1 fully saturated rings. The third kappa shape index (κ3) is 5.00. The average molecular weight is 529 g/mol. The van der Waals surface area contributed by atoms with Crippen molar-refractivity contribution < 1.29 is 22.7 Å². The van der Waals surface area contributed by atoms with E-state index in [0.717, 1.165) is 37.5 Å².